The highest BCUT2D eigenvalue weighted by molar-refractivity contribution is 5.38. The summed E-state index contributed by atoms with van der Waals surface area (Å²) in [6.45, 7) is 4.71. The highest BCUT2D eigenvalue weighted by Crippen LogP contribution is 2.39. The Kier molecular flexibility index (Phi) is 9.34. The van der Waals surface area contributed by atoms with Gasteiger partial charge in [0, 0.05) is 25.0 Å². The number of hydrogen-bond acceptors (Lipinski definition) is 6. The van der Waals surface area contributed by atoms with E-state index in [1.165, 1.54) is 11.1 Å². The monoisotopic (exact) mass is 524 g/mol. The number of ether oxygens (including phenoxy) is 3. The Bertz CT molecular complexity index is 1160. The third-order valence-corrected chi connectivity index (χ3v) is 7.75. The van der Waals surface area contributed by atoms with E-state index in [1.54, 1.807) is 32.4 Å². The summed E-state index contributed by atoms with van der Waals surface area (Å²) in [5.41, 5.74) is 3.43. The smallest absolute Gasteiger partial charge is 0.165 e. The van der Waals surface area contributed by atoms with Gasteiger partial charge in [0.15, 0.2) is 23.1 Å². The van der Waals surface area contributed by atoms with Crippen LogP contribution in [-0.2, 0) is 28.9 Å². The molecule has 0 aliphatic heterocycles. The highest BCUT2D eigenvalue weighted by Gasteiger charge is 2.37. The number of halogens is 1. The van der Waals surface area contributed by atoms with Gasteiger partial charge in [-0.2, -0.15) is 0 Å². The van der Waals surface area contributed by atoms with Gasteiger partial charge in [-0.25, -0.2) is 4.39 Å². The van der Waals surface area contributed by atoms with E-state index < -0.39 is 0 Å². The Hall–Kier alpha value is -3.03. The van der Waals surface area contributed by atoms with E-state index in [-0.39, 0.29) is 23.5 Å². The molecule has 0 saturated heterocycles. The first-order chi connectivity index (χ1) is 18.3. The minimum atomic E-state index is -0.334. The molecule has 4 rings (SSSR count). The Labute approximate surface area is 226 Å². The average molecular weight is 525 g/mol. The van der Waals surface area contributed by atoms with Gasteiger partial charge in [-0.15, -0.1) is 0 Å². The number of benzene rings is 2. The fraction of sp³-hybridized carbons (Fsp3) is 0.484. The van der Waals surface area contributed by atoms with Crippen LogP contribution in [0.3, 0.4) is 0 Å². The maximum Gasteiger partial charge on any atom is 0.165 e. The lowest BCUT2D eigenvalue weighted by Crippen LogP contribution is -2.44. The standard InChI is InChI=1S/C31H41FN2O4/c1-6-34(20-21-7-12-29(27(32)15-21)38-14-13-33(2)3)28-19-31(37-5)30(36-4)18-26(28)24-9-8-23-17-25(35)11-10-22(23)16-24/h7,10-12,15,17-19,24,26,28,35H,6,8-9,13-14,16,20H2,1-5H3/t24-,26?,28?/m1/s1. The number of fused-ring (bicyclic) bond motifs is 1. The molecule has 0 heterocycles. The lowest BCUT2D eigenvalue weighted by molar-refractivity contribution is 0.132. The summed E-state index contributed by atoms with van der Waals surface area (Å²) >= 11 is 0. The van der Waals surface area contributed by atoms with E-state index >= 15 is 0 Å². The van der Waals surface area contributed by atoms with Crippen LogP contribution in [0.4, 0.5) is 4.39 Å². The van der Waals surface area contributed by atoms with Crippen molar-refractivity contribution in [1.82, 2.24) is 9.80 Å². The quantitative estimate of drug-likeness (QED) is 0.438. The third kappa shape index (κ3) is 6.51. The van der Waals surface area contributed by atoms with Gasteiger partial charge in [-0.3, -0.25) is 4.90 Å². The molecule has 38 heavy (non-hydrogen) atoms. The summed E-state index contributed by atoms with van der Waals surface area (Å²) in [6.07, 6.45) is 7.26. The highest BCUT2D eigenvalue weighted by atomic mass is 19.1. The van der Waals surface area contributed by atoms with Crippen LogP contribution in [0.15, 0.2) is 60.1 Å². The molecule has 0 spiro atoms. The van der Waals surface area contributed by atoms with E-state index in [1.807, 2.05) is 31.1 Å². The van der Waals surface area contributed by atoms with Crippen molar-refractivity contribution in [3.05, 3.63) is 82.6 Å². The van der Waals surface area contributed by atoms with Crippen molar-refractivity contribution in [3.8, 4) is 11.5 Å². The van der Waals surface area contributed by atoms with Gasteiger partial charge < -0.3 is 24.2 Å². The van der Waals surface area contributed by atoms with E-state index in [0.717, 1.165) is 49.4 Å². The van der Waals surface area contributed by atoms with Gasteiger partial charge in [0.05, 0.1) is 14.2 Å². The minimum absolute atomic E-state index is 0.0663. The fourth-order valence-electron chi connectivity index (χ4n) is 5.66. The van der Waals surface area contributed by atoms with Crippen LogP contribution in [0.5, 0.6) is 11.5 Å². The largest absolute Gasteiger partial charge is 0.508 e. The van der Waals surface area contributed by atoms with Crippen molar-refractivity contribution in [2.75, 3.05) is 48.0 Å². The Morgan fingerprint density at radius 2 is 1.76 bits per heavy atom. The number of aryl methyl sites for hydroxylation is 1. The number of rotatable bonds is 11. The SMILES string of the molecule is CCN(Cc1ccc(OCCN(C)C)c(F)c1)C1C=C(OC)C(OC)=CC1[C@@H]1CCc2cc(O)ccc2C1. The van der Waals surface area contributed by atoms with E-state index in [9.17, 15) is 9.50 Å². The van der Waals surface area contributed by atoms with E-state index in [0.29, 0.717) is 24.8 Å². The van der Waals surface area contributed by atoms with Crippen LogP contribution in [-0.4, -0.2) is 69.0 Å². The molecule has 0 amide bonds. The first kappa shape index (κ1) is 28.0. The second kappa shape index (κ2) is 12.7. The zero-order valence-corrected chi connectivity index (χ0v) is 23.2. The topological polar surface area (TPSA) is 54.4 Å². The second-order valence-electron chi connectivity index (χ2n) is 10.5. The van der Waals surface area contributed by atoms with Gasteiger partial charge in [0.25, 0.3) is 0 Å². The maximum absolute atomic E-state index is 14.9. The van der Waals surface area contributed by atoms with E-state index in [4.69, 9.17) is 14.2 Å². The van der Waals surface area contributed by atoms with Crippen LogP contribution in [0.2, 0.25) is 0 Å². The van der Waals surface area contributed by atoms with Gasteiger partial charge in [-0.1, -0.05) is 19.1 Å². The molecule has 3 atom stereocenters. The Morgan fingerprint density at radius 3 is 2.45 bits per heavy atom. The molecule has 2 aliphatic carbocycles. The summed E-state index contributed by atoms with van der Waals surface area (Å²) in [4.78, 5) is 4.38. The van der Waals surface area contributed by atoms with Crippen molar-refractivity contribution < 1.29 is 23.7 Å². The summed E-state index contributed by atoms with van der Waals surface area (Å²) in [5, 5.41) is 9.92. The first-order valence-corrected chi connectivity index (χ1v) is 13.5. The molecule has 7 heteroatoms. The molecule has 0 fully saturated rings. The number of methoxy groups -OCH3 is 2. The molecule has 0 aromatic heterocycles. The summed E-state index contributed by atoms with van der Waals surface area (Å²) in [7, 11) is 7.27. The Morgan fingerprint density at radius 1 is 1.00 bits per heavy atom. The fourth-order valence-corrected chi connectivity index (χ4v) is 5.66. The van der Waals surface area contributed by atoms with Crippen LogP contribution in [0.1, 0.15) is 30.0 Å². The Balaban J connectivity index is 1.56. The van der Waals surface area contributed by atoms with Crippen molar-refractivity contribution in [2.24, 2.45) is 11.8 Å². The van der Waals surface area contributed by atoms with Crippen LogP contribution in [0, 0.1) is 17.7 Å². The summed E-state index contributed by atoms with van der Waals surface area (Å²) in [6, 6.07) is 11.1. The van der Waals surface area contributed by atoms with Gasteiger partial charge in [0.1, 0.15) is 12.4 Å². The molecule has 1 N–H and O–H groups in total. The van der Waals surface area contributed by atoms with E-state index in [2.05, 4.69) is 30.0 Å². The molecule has 2 unspecified atom stereocenters. The van der Waals surface area contributed by atoms with Crippen molar-refractivity contribution in [1.29, 1.82) is 0 Å². The second-order valence-corrected chi connectivity index (χ2v) is 10.5. The predicted molar refractivity (Wildman–Crippen MR) is 148 cm³/mol. The van der Waals surface area contributed by atoms with Gasteiger partial charge in [-0.05, 0) is 98.9 Å². The van der Waals surface area contributed by atoms with Crippen LogP contribution < -0.4 is 4.74 Å². The predicted octanol–water partition coefficient (Wildman–Crippen LogP) is 5.16. The minimum Gasteiger partial charge on any atom is -0.508 e. The van der Waals surface area contributed by atoms with Crippen molar-refractivity contribution in [2.45, 2.75) is 38.8 Å². The molecule has 0 bridgehead atoms. The van der Waals surface area contributed by atoms with Crippen molar-refractivity contribution in [3.63, 3.8) is 0 Å². The number of phenolic OH excluding ortho intramolecular Hbond substituents is 1. The molecule has 6 nitrogen and oxygen atoms in total. The lowest BCUT2D eigenvalue weighted by Gasteiger charge is -2.41. The zero-order chi connectivity index (χ0) is 27.2. The number of hydrogen-bond donors (Lipinski definition) is 1. The molecule has 0 saturated carbocycles. The van der Waals surface area contributed by atoms with Crippen molar-refractivity contribution >= 4 is 0 Å². The summed E-state index contributed by atoms with van der Waals surface area (Å²) in [5.74, 6) is 2.36. The number of phenols is 1. The van der Waals surface area contributed by atoms with Crippen LogP contribution in [0.25, 0.3) is 0 Å². The molecule has 2 aliphatic rings. The number of nitrogens with zero attached hydrogens (tertiary/aromatic N) is 2. The summed E-state index contributed by atoms with van der Waals surface area (Å²) < 4.78 is 31.9. The molecule has 2 aromatic carbocycles. The maximum atomic E-state index is 14.9. The van der Waals surface area contributed by atoms with Crippen LogP contribution >= 0.6 is 0 Å². The van der Waals surface area contributed by atoms with Gasteiger partial charge >= 0.3 is 0 Å². The zero-order valence-electron chi connectivity index (χ0n) is 23.2. The number of likely N-dealkylation sites (N-methyl/N-ethyl adjacent to an activating group) is 2. The molecule has 2 aromatic rings. The molecule has 206 valence electrons. The molecular weight excluding hydrogens is 483 g/mol. The number of aromatic hydroxyl groups is 1. The van der Waals surface area contributed by atoms with Gasteiger partial charge in [0.2, 0.25) is 0 Å². The third-order valence-electron chi connectivity index (χ3n) is 7.75. The first-order valence-electron chi connectivity index (χ1n) is 13.5. The lowest BCUT2D eigenvalue weighted by atomic mass is 9.72. The normalized spacial score (nSPS) is 21.1. The molecule has 0 radical (unpaired) electrons. The molecular formula is C31H41FN2O4. The average Bonchev–Trinajstić information content (AvgIpc) is 2.91.